The summed E-state index contributed by atoms with van der Waals surface area (Å²) in [5, 5.41) is 23.1. The highest BCUT2D eigenvalue weighted by molar-refractivity contribution is 9.10. The highest BCUT2D eigenvalue weighted by Crippen LogP contribution is 2.70. The molecule has 12 nitrogen and oxygen atoms in total. The largest absolute Gasteiger partial charge is 0.454 e. The fourth-order valence-corrected chi connectivity index (χ4v) is 25.6. The van der Waals surface area contributed by atoms with E-state index in [1.807, 2.05) is 64.5 Å². The fraction of sp³-hybridized carbons (Fsp3) is 0.770. The molecule has 8 fully saturated rings. The number of hydroxylamine groups is 2. The van der Waals surface area contributed by atoms with Gasteiger partial charge in [-0.15, -0.1) is 0 Å². The van der Waals surface area contributed by atoms with E-state index in [0.29, 0.717) is 59.9 Å². The van der Waals surface area contributed by atoms with Crippen LogP contribution in [0.3, 0.4) is 0 Å². The number of fused-ring (bicyclic) bond motifs is 12. The molecule has 2 aromatic rings. The first-order chi connectivity index (χ1) is 52.9. The highest BCUT2D eigenvalue weighted by Gasteiger charge is 2.66. The molecule has 16 atom stereocenters. The van der Waals surface area contributed by atoms with Gasteiger partial charge in [0.2, 0.25) is 19.5 Å². The number of halogens is 1. The van der Waals surface area contributed by atoms with Crippen LogP contribution in [-0.2, 0) is 19.1 Å². The predicted molar refractivity (Wildman–Crippen MR) is 518 cm³/mol. The van der Waals surface area contributed by atoms with Gasteiger partial charge in [0.05, 0.1) is 31.5 Å². The van der Waals surface area contributed by atoms with Gasteiger partial charge in [0.25, 0.3) is 0 Å². The maximum absolute atomic E-state index is 13.8. The Morgan fingerprint density at radius 2 is 0.798 bits per heavy atom. The molecule has 42 radical (unpaired) electrons. The molecule has 53 heteroatoms. The summed E-state index contributed by atoms with van der Waals surface area (Å²) in [6.45, 7) is 11.1. The standard InChI is InChI=1S/C29H40O5.C24H41NO4.C7H5BrO2.CH4.B40/c1-27(31)12-13-29(16-32-3)19(15-27)5-6-20-21-7-8-23(28(21,2)11-10-22(20)29)26(30)18-4-9-24-25(14-18)34-17-33-24;1-22(27)12-13-24(15-28-4)16(14-22)6-7-17-18-8-9-20(21(26)25(3)29-5)23(18,2)11-10-19(17)24;8-5-1-2-6-7(3-5)10-4-9-6;;1-22(2)32(21)37(31(19)20)40(38(33(23(3)4)24(5)6)34(25(7)8)26(9)10)39(35(27(11)12)28(13)14)36(29(15)16)30(17)18/h4,9,14,19-23,31H,5-8,10-13,15-17H2,1-3H3;16-20,27H,6-15H2,1-5H3;1-3H,4H2;1H4;/t19-,20-,21-,22-,23+,27+,28-,29+;16-,17-,18-,19-,20+,22+,23-,24+;;;/m00.../s1. The van der Waals surface area contributed by atoms with Crippen LogP contribution in [0.25, 0.3) is 0 Å². The summed E-state index contributed by atoms with van der Waals surface area (Å²) in [5.41, 5.74) is 0.281. The molecular formula is C61H90B40BrNO11. The zero-order valence-electron chi connectivity index (χ0n) is 68.3. The van der Waals surface area contributed by atoms with E-state index in [1.54, 1.807) is 14.2 Å². The first-order valence-electron chi connectivity index (χ1n) is 41.1. The van der Waals surface area contributed by atoms with Crippen molar-refractivity contribution < 1.29 is 53.1 Å². The van der Waals surface area contributed by atoms with Crippen molar-refractivity contribution in [3.8, 4) is 23.0 Å². The van der Waals surface area contributed by atoms with Gasteiger partial charge in [-0.05, 0) is 235 Å². The van der Waals surface area contributed by atoms with Crippen molar-refractivity contribution in [2.75, 3.05) is 55.2 Å². The number of hydrogen-bond acceptors (Lipinski definition) is 11. The number of Topliss-reactive ketones (excluding diaryl/α,β-unsaturated/α-hetero) is 1. The zero-order chi connectivity index (χ0) is 83.7. The van der Waals surface area contributed by atoms with E-state index in [1.165, 1.54) is 43.6 Å². The van der Waals surface area contributed by atoms with Gasteiger partial charge >= 0.3 is 0 Å². The second-order valence-electron chi connectivity index (χ2n) is 36.8. The van der Waals surface area contributed by atoms with Crippen LogP contribution in [0.5, 0.6) is 23.0 Å². The molecule has 114 heavy (non-hydrogen) atoms. The lowest BCUT2D eigenvalue weighted by atomic mass is 8.27. The Hall–Kier alpha value is -0.343. The Kier molecular flexibility index (Phi) is 35.8. The monoisotopic (exact) mass is 1530 g/mol. The Balaban J connectivity index is 0.000000201. The average Bonchev–Trinajstić information content (AvgIpc) is 1.36. The second kappa shape index (κ2) is 41.2. The van der Waals surface area contributed by atoms with Crippen LogP contribution in [0, 0.1) is 80.8 Å². The minimum Gasteiger partial charge on any atom is -0.454 e. The molecule has 12 rings (SSSR count). The van der Waals surface area contributed by atoms with E-state index in [4.69, 9.17) is 196 Å². The highest BCUT2D eigenvalue weighted by atomic mass is 79.9. The van der Waals surface area contributed by atoms with Gasteiger partial charge in [-0.2, -0.15) is 0 Å². The van der Waals surface area contributed by atoms with E-state index in [9.17, 15) is 19.8 Å². The number of hydrogen-bond donors (Lipinski definition) is 2. The molecule has 0 bridgehead atoms. The Morgan fingerprint density at radius 3 is 1.18 bits per heavy atom. The molecule has 0 saturated heterocycles. The summed E-state index contributed by atoms with van der Waals surface area (Å²) < 4.78 is 34.0. The van der Waals surface area contributed by atoms with Gasteiger partial charge in [-0.1, -0.05) is 37.2 Å². The fourth-order valence-electron chi connectivity index (χ4n) is 25.2. The number of carbonyl (C=O) groups excluding carboxylic acids is 2. The summed E-state index contributed by atoms with van der Waals surface area (Å²) in [6.07, 6.45) is -2.15. The first-order valence-corrected chi connectivity index (χ1v) is 41.8. The number of benzene rings is 2. The Morgan fingerprint density at radius 1 is 0.439 bits per heavy atom. The molecule has 532 valence electrons. The number of methoxy groups -OCH3 is 2. The lowest BCUT2D eigenvalue weighted by molar-refractivity contribution is -0.188. The molecule has 8 aliphatic carbocycles. The SMILES string of the molecule is Brc1ccc2c(c1)OCO2.C.COC[C@]12CC[C@@](C)(O)C[C@@H]1CC[C@H]1[C@@H]3CC[C@H](C(=O)N(C)OC)[C@@]3(C)CC[C@@H]12.COC[C@]12CC[C@@](C)(O)C[C@@H]1CC[C@H]1[C@@H]3CC[C@H](C(=O)c4ccc5c(c4)OCO5)[C@@]3(C)CC[C@@H]12.[B]B([B])B([B])B(B([B])[B])B(B(B(B([B])[B])B([B])[B])B(B([B])[B])B([B])[B])B(B(B([B])[B])B([B])[B])B(B([B])[B])B([B])[B]. The molecular weight excluding hydrogens is 1440 g/mol. The molecule has 8 saturated carbocycles. The lowest BCUT2D eigenvalue weighted by Crippen LogP contribution is -2.92. The van der Waals surface area contributed by atoms with Crippen molar-refractivity contribution in [1.29, 1.82) is 0 Å². The van der Waals surface area contributed by atoms with Gasteiger partial charge < -0.3 is 38.6 Å². The summed E-state index contributed by atoms with van der Waals surface area (Å²) in [6, 6.07) is 11.4. The smallest absolute Gasteiger partial charge is 0.249 e. The second-order valence-corrected chi connectivity index (χ2v) is 37.7. The molecule has 0 spiro atoms. The molecule has 2 heterocycles. The lowest BCUT2D eigenvalue weighted by Gasteiger charge is -2.62. The molecule has 1 amide bonds. The number of rotatable bonds is 26. The Labute approximate surface area is 731 Å². The molecule has 2 aliphatic heterocycles. The summed E-state index contributed by atoms with van der Waals surface area (Å²) in [7, 11) is 138. The van der Waals surface area contributed by atoms with E-state index < -0.39 is 133 Å². The molecule has 0 unspecified atom stereocenters. The maximum atomic E-state index is 13.8. The van der Waals surface area contributed by atoms with Crippen LogP contribution in [0.15, 0.2) is 40.9 Å². The van der Waals surface area contributed by atoms with E-state index in [2.05, 4.69) is 29.8 Å². The third-order valence-corrected chi connectivity index (χ3v) is 30.8. The van der Waals surface area contributed by atoms with Crippen LogP contribution >= 0.6 is 15.9 Å². The number of amides is 1. The number of nitrogens with zero attached hydrogens (tertiary/aromatic N) is 1. The maximum Gasteiger partial charge on any atom is 0.249 e. The molecule has 0 aromatic heterocycles. The minimum atomic E-state index is -1.25. The quantitative estimate of drug-likeness (QED) is 0.0577. The average molecular weight is 1530 g/mol. The third-order valence-electron chi connectivity index (χ3n) is 30.3. The van der Waals surface area contributed by atoms with Crippen molar-refractivity contribution in [2.24, 2.45) is 80.8 Å². The first kappa shape index (κ1) is 99.1. The van der Waals surface area contributed by atoms with E-state index >= 15 is 0 Å². The van der Waals surface area contributed by atoms with Crippen LogP contribution in [0.1, 0.15) is 161 Å². The van der Waals surface area contributed by atoms with Crippen molar-refractivity contribution in [2.45, 2.75) is 162 Å². The van der Waals surface area contributed by atoms with E-state index in [-0.39, 0.29) is 59.4 Å². The van der Waals surface area contributed by atoms with Crippen LogP contribution < -0.4 is 18.9 Å². The van der Waals surface area contributed by atoms with Gasteiger partial charge in [0, 0.05) is 327 Å². The minimum absolute atomic E-state index is 0. The summed E-state index contributed by atoms with van der Waals surface area (Å²) >= 11 is 3.33. The predicted octanol–water partition coefficient (Wildman–Crippen LogP) is -2.74. The number of aliphatic hydroxyl groups is 2. The number of ketones is 1. The number of ether oxygens (including phenoxy) is 6. The Bertz CT molecular complexity index is 3340. The van der Waals surface area contributed by atoms with Crippen molar-refractivity contribution >= 4 is 311 Å². The van der Waals surface area contributed by atoms with Gasteiger partial charge in [-0.25, -0.2) is 5.06 Å². The number of carbonyl (C=O) groups is 2. The van der Waals surface area contributed by atoms with Crippen molar-refractivity contribution in [1.82, 2.24) is 5.06 Å². The van der Waals surface area contributed by atoms with E-state index in [0.717, 1.165) is 118 Å². The summed E-state index contributed by atoms with van der Waals surface area (Å²) in [4.78, 5) is 32.0. The van der Waals surface area contributed by atoms with Crippen LogP contribution in [-0.4, -0.2) is 377 Å². The zero-order valence-corrected chi connectivity index (χ0v) is 69.9. The molecule has 2 aromatic carbocycles. The third kappa shape index (κ3) is 20.9. The normalized spacial score (nSPS) is 30.4. The van der Waals surface area contributed by atoms with Gasteiger partial charge in [0.1, 0.15) is 0 Å². The topological polar surface area (TPSA) is 142 Å². The van der Waals surface area contributed by atoms with Crippen LogP contribution in [0.2, 0.25) is 0 Å². The summed E-state index contributed by atoms with van der Waals surface area (Å²) in [5.74, 6) is 8.71. The van der Waals surface area contributed by atoms with Crippen molar-refractivity contribution in [3.05, 3.63) is 46.4 Å². The van der Waals surface area contributed by atoms with Gasteiger partial charge in [-0.3, -0.25) is 14.4 Å². The van der Waals surface area contributed by atoms with Gasteiger partial charge in [0.15, 0.2) is 28.8 Å². The molecule has 10 aliphatic rings. The van der Waals surface area contributed by atoms with Crippen LogP contribution in [0.4, 0.5) is 0 Å². The van der Waals surface area contributed by atoms with Crippen molar-refractivity contribution in [3.63, 3.8) is 0 Å². The molecule has 2 N–H and O–H groups in total.